The first kappa shape index (κ1) is 22.3. The Morgan fingerprint density at radius 1 is 1.09 bits per heavy atom. The third-order valence-corrected chi connectivity index (χ3v) is 7.10. The van der Waals surface area contributed by atoms with Gasteiger partial charge in [-0.2, -0.15) is 0 Å². The molecule has 0 aliphatic heterocycles. The van der Waals surface area contributed by atoms with Crippen LogP contribution in [0, 0.1) is 0 Å². The topological polar surface area (TPSA) is 55.3 Å². The van der Waals surface area contributed by atoms with Crippen molar-refractivity contribution in [2.75, 3.05) is 17.8 Å². The highest BCUT2D eigenvalue weighted by molar-refractivity contribution is 8.00. The summed E-state index contributed by atoms with van der Waals surface area (Å²) < 4.78 is 6.30. The summed E-state index contributed by atoms with van der Waals surface area (Å²) in [6, 6.07) is 19.7. The molecule has 0 unspecified atom stereocenters. The molecule has 0 radical (unpaired) electrons. The van der Waals surface area contributed by atoms with E-state index in [9.17, 15) is 4.79 Å². The number of carbonyl (C=O) groups excluding carboxylic acids is 1. The summed E-state index contributed by atoms with van der Waals surface area (Å²) in [4.78, 5) is 25.5. The van der Waals surface area contributed by atoms with Gasteiger partial charge in [-0.25, -0.2) is 4.98 Å². The number of thiazole rings is 1. The first-order valence-electron chi connectivity index (χ1n) is 10.4. The van der Waals surface area contributed by atoms with Crippen LogP contribution in [0.2, 0.25) is 0 Å². The molecule has 0 saturated heterocycles. The van der Waals surface area contributed by atoms with E-state index in [4.69, 9.17) is 9.72 Å². The second kappa shape index (κ2) is 10.1. The summed E-state index contributed by atoms with van der Waals surface area (Å²) in [5.41, 5.74) is 3.01. The van der Waals surface area contributed by atoms with Crippen molar-refractivity contribution >= 4 is 44.4 Å². The van der Waals surface area contributed by atoms with Gasteiger partial charge in [0, 0.05) is 11.1 Å². The van der Waals surface area contributed by atoms with Gasteiger partial charge in [-0.05, 0) is 53.9 Å². The molecule has 0 N–H and O–H groups in total. The third-order valence-electron chi connectivity index (χ3n) is 5.06. The van der Waals surface area contributed by atoms with Gasteiger partial charge in [-0.1, -0.05) is 43.4 Å². The third kappa shape index (κ3) is 5.11. The molecular weight excluding hydrogens is 438 g/mol. The zero-order valence-electron chi connectivity index (χ0n) is 18.3. The minimum absolute atomic E-state index is 0.00150. The van der Waals surface area contributed by atoms with Crippen molar-refractivity contribution in [2.24, 2.45) is 0 Å². The Morgan fingerprint density at radius 2 is 1.91 bits per heavy atom. The first-order valence-corrected chi connectivity index (χ1v) is 12.2. The van der Waals surface area contributed by atoms with Crippen LogP contribution in [0.4, 0.5) is 5.13 Å². The van der Waals surface area contributed by atoms with E-state index >= 15 is 0 Å². The van der Waals surface area contributed by atoms with Crippen LogP contribution in [0.3, 0.4) is 0 Å². The zero-order chi connectivity index (χ0) is 22.5. The Balaban J connectivity index is 1.61. The second-order valence-electron chi connectivity index (χ2n) is 7.61. The standard InChI is InChI=1S/C25H25N3O2S2/c1-17(2)21-8-6-9-22-24(21)27-25(32-22)28(15-18-7-4-5-14-26-18)23(29)16-31-20-12-10-19(30-3)11-13-20/h4-14,17H,15-16H2,1-3H3. The zero-order valence-corrected chi connectivity index (χ0v) is 20.0. The molecule has 2 heterocycles. The fourth-order valence-corrected chi connectivity index (χ4v) is 5.14. The molecule has 4 rings (SSSR count). The van der Waals surface area contributed by atoms with Crippen molar-refractivity contribution in [2.45, 2.75) is 31.2 Å². The smallest absolute Gasteiger partial charge is 0.239 e. The van der Waals surface area contributed by atoms with Crippen molar-refractivity contribution in [3.63, 3.8) is 0 Å². The van der Waals surface area contributed by atoms with E-state index in [0.717, 1.165) is 26.6 Å². The second-order valence-corrected chi connectivity index (χ2v) is 9.67. The van der Waals surface area contributed by atoms with Gasteiger partial charge in [0.25, 0.3) is 0 Å². The van der Waals surface area contributed by atoms with Gasteiger partial charge < -0.3 is 4.74 Å². The minimum Gasteiger partial charge on any atom is -0.497 e. The molecule has 0 aliphatic rings. The van der Waals surface area contributed by atoms with Crippen LogP contribution in [0.25, 0.3) is 10.2 Å². The molecule has 0 saturated carbocycles. The maximum atomic E-state index is 13.4. The first-order chi connectivity index (χ1) is 15.5. The SMILES string of the molecule is COc1ccc(SCC(=O)N(Cc2ccccn2)c2nc3c(C(C)C)cccc3s2)cc1. The van der Waals surface area contributed by atoms with E-state index < -0.39 is 0 Å². The van der Waals surface area contributed by atoms with Gasteiger partial charge in [0.1, 0.15) is 5.75 Å². The highest BCUT2D eigenvalue weighted by Crippen LogP contribution is 2.34. The number of aromatic nitrogens is 2. The number of amides is 1. The molecule has 5 nitrogen and oxygen atoms in total. The number of methoxy groups -OCH3 is 1. The lowest BCUT2D eigenvalue weighted by molar-refractivity contribution is -0.116. The summed E-state index contributed by atoms with van der Waals surface area (Å²) in [6.45, 7) is 4.71. The number of ether oxygens (including phenoxy) is 1. The Morgan fingerprint density at radius 3 is 2.59 bits per heavy atom. The van der Waals surface area contributed by atoms with Gasteiger partial charge >= 0.3 is 0 Å². The van der Waals surface area contributed by atoms with Crippen LogP contribution in [0.5, 0.6) is 5.75 Å². The van der Waals surface area contributed by atoms with Crippen LogP contribution in [0.1, 0.15) is 31.0 Å². The van der Waals surface area contributed by atoms with Gasteiger partial charge in [-0.3, -0.25) is 14.7 Å². The van der Waals surface area contributed by atoms with E-state index in [1.165, 1.54) is 17.3 Å². The quantitative estimate of drug-likeness (QED) is 0.293. The van der Waals surface area contributed by atoms with E-state index in [1.807, 2.05) is 42.5 Å². The molecule has 7 heteroatoms. The van der Waals surface area contributed by atoms with E-state index in [-0.39, 0.29) is 5.91 Å². The summed E-state index contributed by atoms with van der Waals surface area (Å²) in [5.74, 6) is 1.47. The van der Waals surface area contributed by atoms with Gasteiger partial charge in [0.15, 0.2) is 5.13 Å². The van der Waals surface area contributed by atoms with Gasteiger partial charge in [0.05, 0.1) is 35.3 Å². The lowest BCUT2D eigenvalue weighted by Crippen LogP contribution is -2.32. The van der Waals surface area contributed by atoms with Crippen molar-refractivity contribution in [1.29, 1.82) is 0 Å². The average Bonchev–Trinajstić information content (AvgIpc) is 3.26. The number of hydrogen-bond donors (Lipinski definition) is 0. The highest BCUT2D eigenvalue weighted by atomic mass is 32.2. The Kier molecular flexibility index (Phi) is 7.07. The summed E-state index contributed by atoms with van der Waals surface area (Å²) in [6.07, 6.45) is 1.75. The Labute approximate surface area is 196 Å². The fraction of sp³-hybridized carbons (Fsp3) is 0.240. The van der Waals surface area contributed by atoms with Crippen molar-refractivity contribution in [1.82, 2.24) is 9.97 Å². The largest absolute Gasteiger partial charge is 0.497 e. The van der Waals surface area contributed by atoms with Crippen LogP contribution in [-0.4, -0.2) is 28.7 Å². The van der Waals surface area contributed by atoms with Crippen LogP contribution < -0.4 is 9.64 Å². The normalized spacial score (nSPS) is 11.1. The number of anilines is 1. The Hall–Kier alpha value is -2.90. The van der Waals surface area contributed by atoms with Gasteiger partial charge in [-0.15, -0.1) is 11.8 Å². The van der Waals surface area contributed by atoms with Crippen LogP contribution >= 0.6 is 23.1 Å². The molecule has 0 atom stereocenters. The molecule has 0 fully saturated rings. The number of hydrogen-bond acceptors (Lipinski definition) is 6. The number of nitrogens with zero attached hydrogens (tertiary/aromatic N) is 3. The number of para-hydroxylation sites is 1. The molecule has 2 aromatic carbocycles. The van der Waals surface area contributed by atoms with Gasteiger partial charge in [0.2, 0.25) is 5.91 Å². The molecule has 164 valence electrons. The lowest BCUT2D eigenvalue weighted by atomic mass is 10.0. The highest BCUT2D eigenvalue weighted by Gasteiger charge is 2.22. The molecule has 32 heavy (non-hydrogen) atoms. The van der Waals surface area contributed by atoms with Crippen LogP contribution in [-0.2, 0) is 11.3 Å². The minimum atomic E-state index is 0.00150. The summed E-state index contributed by atoms with van der Waals surface area (Å²) in [5, 5.41) is 0.707. The van der Waals surface area contributed by atoms with E-state index in [0.29, 0.717) is 23.3 Å². The average molecular weight is 464 g/mol. The number of rotatable bonds is 8. The van der Waals surface area contributed by atoms with Crippen molar-refractivity contribution in [3.8, 4) is 5.75 Å². The number of fused-ring (bicyclic) bond motifs is 1. The predicted octanol–water partition coefficient (Wildman–Crippen LogP) is 6.15. The Bertz CT molecular complexity index is 1190. The van der Waals surface area contributed by atoms with Crippen LogP contribution in [0.15, 0.2) is 71.8 Å². The molecule has 0 bridgehead atoms. The predicted molar refractivity (Wildman–Crippen MR) is 133 cm³/mol. The maximum Gasteiger partial charge on any atom is 0.239 e. The summed E-state index contributed by atoms with van der Waals surface area (Å²) >= 11 is 3.06. The van der Waals surface area contributed by atoms with Crippen molar-refractivity contribution in [3.05, 3.63) is 78.1 Å². The number of pyridine rings is 1. The maximum absolute atomic E-state index is 13.4. The molecule has 2 aromatic heterocycles. The lowest BCUT2D eigenvalue weighted by Gasteiger charge is -2.19. The molecule has 0 aliphatic carbocycles. The molecule has 1 amide bonds. The van der Waals surface area contributed by atoms with E-state index in [2.05, 4.69) is 37.0 Å². The molecular formula is C25H25N3O2S2. The molecule has 0 spiro atoms. The summed E-state index contributed by atoms with van der Waals surface area (Å²) in [7, 11) is 1.64. The van der Waals surface area contributed by atoms with E-state index in [1.54, 1.807) is 29.5 Å². The number of carbonyl (C=O) groups is 1. The number of benzene rings is 2. The van der Waals surface area contributed by atoms with Crippen molar-refractivity contribution < 1.29 is 9.53 Å². The number of thioether (sulfide) groups is 1. The fourth-order valence-electron chi connectivity index (χ4n) is 3.35. The monoisotopic (exact) mass is 463 g/mol. The molecule has 4 aromatic rings.